The number of nitrogens with zero attached hydrogens (tertiary/aromatic N) is 2. The summed E-state index contributed by atoms with van der Waals surface area (Å²) in [6.45, 7) is 4.46. The molecule has 0 saturated heterocycles. The van der Waals surface area contributed by atoms with Crippen LogP contribution in [-0.2, 0) is 4.74 Å². The first-order chi connectivity index (χ1) is 7.66. The van der Waals surface area contributed by atoms with Crippen LogP contribution in [0.25, 0.3) is 0 Å². The molecule has 0 aliphatic carbocycles. The van der Waals surface area contributed by atoms with Crippen molar-refractivity contribution >= 4 is 23.6 Å². The number of carbonyl (C=O) groups excluding carboxylic acids is 1. The van der Waals surface area contributed by atoms with E-state index < -0.39 is 0 Å². The van der Waals surface area contributed by atoms with E-state index in [1.54, 1.807) is 24.2 Å². The number of thioether (sulfide) groups is 1. The zero-order valence-electron chi connectivity index (χ0n) is 9.34. The highest BCUT2D eigenvalue weighted by atomic mass is 32.2. The number of hydrogen-bond acceptors (Lipinski definition) is 4. The van der Waals surface area contributed by atoms with Crippen LogP contribution >= 0.6 is 11.8 Å². The maximum Gasteiger partial charge on any atom is 0.417 e. The first kappa shape index (κ1) is 11.3. The molecule has 1 amide bonds. The van der Waals surface area contributed by atoms with Crippen molar-refractivity contribution in [1.82, 2.24) is 4.90 Å². The zero-order valence-corrected chi connectivity index (χ0v) is 10.2. The highest BCUT2D eigenvalue weighted by Crippen LogP contribution is 2.28. The summed E-state index contributed by atoms with van der Waals surface area (Å²) in [4.78, 5) is 18.4. The molecule has 0 spiro atoms. The number of amides is 1. The number of carbonyl (C=O) groups is 1. The summed E-state index contributed by atoms with van der Waals surface area (Å²) in [6.07, 6.45) is 4.98. The lowest BCUT2D eigenvalue weighted by molar-refractivity contribution is 0.115. The predicted molar refractivity (Wildman–Crippen MR) is 65.1 cm³/mol. The Hall–Kier alpha value is -1.23. The first-order valence-electron chi connectivity index (χ1n) is 5.19. The Kier molecular flexibility index (Phi) is 3.33. The Morgan fingerprint density at radius 3 is 3.25 bits per heavy atom. The van der Waals surface area contributed by atoms with Gasteiger partial charge in [0.05, 0.1) is 23.1 Å². The Bertz CT molecular complexity index is 385. The summed E-state index contributed by atoms with van der Waals surface area (Å²) in [5, 5.41) is 0. The highest BCUT2D eigenvalue weighted by molar-refractivity contribution is 8.04. The maximum absolute atomic E-state index is 11.6. The molecule has 0 atom stereocenters. The van der Waals surface area contributed by atoms with Crippen LogP contribution in [0.1, 0.15) is 13.8 Å². The van der Waals surface area contributed by atoms with Crippen LogP contribution in [-0.4, -0.2) is 29.2 Å². The molecule has 4 nitrogen and oxygen atoms in total. The van der Waals surface area contributed by atoms with Gasteiger partial charge in [0, 0.05) is 12.4 Å². The van der Waals surface area contributed by atoms with Gasteiger partial charge in [-0.15, -0.1) is 0 Å². The molecular weight excluding hydrogens is 224 g/mol. The van der Waals surface area contributed by atoms with Gasteiger partial charge in [-0.1, -0.05) is 25.6 Å². The molecule has 0 unspecified atom stereocenters. The van der Waals surface area contributed by atoms with Gasteiger partial charge in [-0.3, -0.25) is 9.89 Å². The van der Waals surface area contributed by atoms with Crippen LogP contribution in [0.15, 0.2) is 28.4 Å². The normalized spacial score (nSPS) is 18.3. The maximum atomic E-state index is 11.6. The number of ether oxygens (including phenoxy) is 1. The molecule has 0 N–H and O–H groups in total. The number of hydrogen-bond donors (Lipinski definition) is 0. The number of allylic oxidation sites excluding steroid dienone is 2. The van der Waals surface area contributed by atoms with Crippen LogP contribution in [0.4, 0.5) is 4.79 Å². The third kappa shape index (κ3) is 2.47. The van der Waals surface area contributed by atoms with Crippen LogP contribution in [0.3, 0.4) is 0 Å². The largest absolute Gasteiger partial charge is 0.449 e. The van der Waals surface area contributed by atoms with E-state index >= 15 is 0 Å². The second-order valence-corrected chi connectivity index (χ2v) is 4.99. The average molecular weight is 238 g/mol. The Morgan fingerprint density at radius 2 is 2.50 bits per heavy atom. The van der Waals surface area contributed by atoms with Crippen LogP contribution in [0, 0.1) is 5.92 Å². The molecule has 0 aromatic rings. The van der Waals surface area contributed by atoms with Crippen molar-refractivity contribution in [3.63, 3.8) is 0 Å². The highest BCUT2D eigenvalue weighted by Gasteiger charge is 2.20. The molecule has 2 heterocycles. The molecule has 2 rings (SSSR count). The minimum absolute atomic E-state index is 0.330. The number of aliphatic imine (C=N–C) groups is 1. The lowest BCUT2D eigenvalue weighted by Gasteiger charge is -2.18. The van der Waals surface area contributed by atoms with Gasteiger partial charge in [-0.05, 0) is 12.0 Å². The molecule has 0 bridgehead atoms. The molecule has 0 saturated carbocycles. The average Bonchev–Trinajstić information content (AvgIpc) is 2.72. The Labute approximate surface area is 99.1 Å². The van der Waals surface area contributed by atoms with Gasteiger partial charge in [-0.25, -0.2) is 4.79 Å². The van der Waals surface area contributed by atoms with Gasteiger partial charge in [0.25, 0.3) is 0 Å². The fraction of sp³-hybridized carbons (Fsp3) is 0.455. The topological polar surface area (TPSA) is 41.9 Å². The monoisotopic (exact) mass is 238 g/mol. The summed E-state index contributed by atoms with van der Waals surface area (Å²) >= 11 is 1.63. The molecule has 2 aliphatic rings. The minimum atomic E-state index is -0.330. The van der Waals surface area contributed by atoms with E-state index in [-0.39, 0.29) is 6.09 Å². The molecule has 0 aromatic carbocycles. The minimum Gasteiger partial charge on any atom is -0.449 e. The summed E-state index contributed by atoms with van der Waals surface area (Å²) in [5.41, 5.74) is 0.956. The fourth-order valence-corrected chi connectivity index (χ4v) is 2.12. The SMILES string of the molecule is CC(C)COC(=O)N1C=CC2=NCSC2=C1. The van der Waals surface area contributed by atoms with Crippen molar-refractivity contribution in [2.24, 2.45) is 10.9 Å². The van der Waals surface area contributed by atoms with Gasteiger partial charge in [0.1, 0.15) is 0 Å². The molecule has 5 heteroatoms. The third-order valence-corrected chi connectivity index (χ3v) is 2.99. The van der Waals surface area contributed by atoms with E-state index in [4.69, 9.17) is 4.74 Å². The van der Waals surface area contributed by atoms with E-state index in [1.165, 1.54) is 4.90 Å². The lowest BCUT2D eigenvalue weighted by Crippen LogP contribution is -2.25. The van der Waals surface area contributed by atoms with Gasteiger partial charge in [-0.2, -0.15) is 0 Å². The van der Waals surface area contributed by atoms with Crippen molar-refractivity contribution in [2.45, 2.75) is 13.8 Å². The van der Waals surface area contributed by atoms with Crippen molar-refractivity contribution < 1.29 is 9.53 Å². The van der Waals surface area contributed by atoms with Crippen molar-refractivity contribution in [1.29, 1.82) is 0 Å². The molecule has 0 aromatic heterocycles. The van der Waals surface area contributed by atoms with Gasteiger partial charge < -0.3 is 4.74 Å². The predicted octanol–water partition coefficient (Wildman–Crippen LogP) is 2.60. The quantitative estimate of drug-likeness (QED) is 0.742. The standard InChI is InChI=1S/C11H14N2O2S/c1-8(2)6-15-11(14)13-4-3-9-10(5-13)16-7-12-9/h3-5,8H,6-7H2,1-2H3. The second kappa shape index (κ2) is 4.74. The van der Waals surface area contributed by atoms with E-state index in [0.717, 1.165) is 16.5 Å². The van der Waals surface area contributed by atoms with Gasteiger partial charge >= 0.3 is 6.09 Å². The summed E-state index contributed by atoms with van der Waals surface area (Å²) in [5.74, 6) is 1.09. The first-order valence-corrected chi connectivity index (χ1v) is 6.18. The van der Waals surface area contributed by atoms with Crippen LogP contribution in [0.2, 0.25) is 0 Å². The smallest absolute Gasteiger partial charge is 0.417 e. The number of rotatable bonds is 2. The van der Waals surface area contributed by atoms with E-state index in [2.05, 4.69) is 4.99 Å². The van der Waals surface area contributed by atoms with Crippen molar-refractivity contribution in [2.75, 3.05) is 12.5 Å². The summed E-state index contributed by atoms with van der Waals surface area (Å²) < 4.78 is 5.13. The Balaban J connectivity index is 1.96. The van der Waals surface area contributed by atoms with Gasteiger partial charge in [0.2, 0.25) is 0 Å². The van der Waals surface area contributed by atoms with E-state index in [0.29, 0.717) is 12.5 Å². The molecular formula is C11H14N2O2S. The third-order valence-electron chi connectivity index (χ3n) is 2.11. The molecule has 0 radical (unpaired) electrons. The van der Waals surface area contributed by atoms with Crippen LogP contribution in [0.5, 0.6) is 0 Å². The molecule has 16 heavy (non-hydrogen) atoms. The Morgan fingerprint density at radius 1 is 1.69 bits per heavy atom. The van der Waals surface area contributed by atoms with E-state index in [1.807, 2.05) is 19.9 Å². The van der Waals surface area contributed by atoms with Crippen molar-refractivity contribution in [3.8, 4) is 0 Å². The van der Waals surface area contributed by atoms with E-state index in [9.17, 15) is 4.79 Å². The zero-order chi connectivity index (χ0) is 11.5. The number of fused-ring (bicyclic) bond motifs is 1. The molecule has 0 fully saturated rings. The lowest BCUT2D eigenvalue weighted by atomic mass is 10.2. The second-order valence-electron chi connectivity index (χ2n) is 4.00. The molecule has 86 valence electrons. The summed E-state index contributed by atoms with van der Waals surface area (Å²) in [6, 6.07) is 0. The fourth-order valence-electron chi connectivity index (χ4n) is 1.31. The summed E-state index contributed by atoms with van der Waals surface area (Å²) in [7, 11) is 0. The molecule has 2 aliphatic heterocycles. The van der Waals surface area contributed by atoms with Crippen LogP contribution < -0.4 is 0 Å². The van der Waals surface area contributed by atoms with Crippen molar-refractivity contribution in [3.05, 3.63) is 23.4 Å². The van der Waals surface area contributed by atoms with Gasteiger partial charge in [0.15, 0.2) is 0 Å².